The maximum Gasteiger partial charge on any atom is 0.297 e. The highest BCUT2D eigenvalue weighted by atomic mass is 19.1. The fourth-order valence-electron chi connectivity index (χ4n) is 2.23. The second-order valence-corrected chi connectivity index (χ2v) is 4.44. The molecule has 0 spiro atoms. The van der Waals surface area contributed by atoms with Crippen LogP contribution in [0.15, 0.2) is 18.2 Å². The number of hydrogen-bond acceptors (Lipinski definition) is 3. The molecule has 98 valence electrons. The Morgan fingerprint density at radius 2 is 2.37 bits per heavy atom. The number of aromatic amines is 1. The summed E-state index contributed by atoms with van der Waals surface area (Å²) in [6.07, 6.45) is 1.41. The molecule has 5 nitrogen and oxygen atoms in total. The van der Waals surface area contributed by atoms with Crippen molar-refractivity contribution in [2.45, 2.75) is 19.8 Å². The van der Waals surface area contributed by atoms with Gasteiger partial charge in [-0.2, -0.15) is 0 Å². The quantitative estimate of drug-likeness (QED) is 0.894. The number of halogens is 1. The van der Waals surface area contributed by atoms with Gasteiger partial charge in [-0.25, -0.2) is 9.37 Å². The number of H-pyrrole nitrogens is 1. The number of carbonyl (C=O) groups is 1. The van der Waals surface area contributed by atoms with E-state index in [1.54, 1.807) is 6.07 Å². The number of rotatable bonds is 2. The molecule has 1 amide bonds. The van der Waals surface area contributed by atoms with Crippen LogP contribution in [0.3, 0.4) is 0 Å². The third kappa shape index (κ3) is 1.99. The molecule has 0 fully saturated rings. The molecule has 1 aromatic carbocycles. The van der Waals surface area contributed by atoms with E-state index in [0.29, 0.717) is 24.5 Å². The second kappa shape index (κ2) is 4.46. The Labute approximate surface area is 109 Å². The Morgan fingerprint density at radius 1 is 1.53 bits per heavy atom. The summed E-state index contributed by atoms with van der Waals surface area (Å²) in [5.74, 6) is 0.166. The SMILES string of the molecule is CCc1nc(C(=O)N2CCc3ccc(F)cc32)n[nH]1. The minimum atomic E-state index is -0.345. The Morgan fingerprint density at radius 3 is 3.11 bits per heavy atom. The average molecular weight is 260 g/mol. The lowest BCUT2D eigenvalue weighted by Gasteiger charge is -2.15. The highest BCUT2D eigenvalue weighted by Gasteiger charge is 2.28. The van der Waals surface area contributed by atoms with Crippen molar-refractivity contribution in [1.82, 2.24) is 15.2 Å². The van der Waals surface area contributed by atoms with Crippen molar-refractivity contribution in [3.8, 4) is 0 Å². The van der Waals surface area contributed by atoms with Crippen LogP contribution in [-0.4, -0.2) is 27.6 Å². The maximum absolute atomic E-state index is 13.3. The van der Waals surface area contributed by atoms with Gasteiger partial charge < -0.3 is 4.90 Å². The molecule has 1 aliphatic heterocycles. The molecule has 19 heavy (non-hydrogen) atoms. The van der Waals surface area contributed by atoms with Gasteiger partial charge >= 0.3 is 0 Å². The van der Waals surface area contributed by atoms with Crippen molar-refractivity contribution in [3.63, 3.8) is 0 Å². The largest absolute Gasteiger partial charge is 0.305 e. The Hall–Kier alpha value is -2.24. The second-order valence-electron chi connectivity index (χ2n) is 4.44. The van der Waals surface area contributed by atoms with Gasteiger partial charge in [0.05, 0.1) is 5.69 Å². The summed E-state index contributed by atoms with van der Waals surface area (Å²) >= 11 is 0. The molecule has 6 heteroatoms. The van der Waals surface area contributed by atoms with E-state index in [2.05, 4.69) is 15.2 Å². The van der Waals surface area contributed by atoms with Gasteiger partial charge in [-0.05, 0) is 24.1 Å². The van der Waals surface area contributed by atoms with Gasteiger partial charge in [0, 0.05) is 13.0 Å². The molecule has 0 saturated heterocycles. The summed E-state index contributed by atoms with van der Waals surface area (Å²) < 4.78 is 13.3. The number of nitrogens with zero attached hydrogens (tertiary/aromatic N) is 3. The zero-order valence-corrected chi connectivity index (χ0v) is 10.5. The van der Waals surface area contributed by atoms with E-state index in [4.69, 9.17) is 0 Å². The fraction of sp³-hybridized carbons (Fsp3) is 0.308. The van der Waals surface area contributed by atoms with Gasteiger partial charge in [-0.3, -0.25) is 9.89 Å². The summed E-state index contributed by atoms with van der Waals surface area (Å²) in [4.78, 5) is 18.0. The molecule has 0 radical (unpaired) electrons. The minimum Gasteiger partial charge on any atom is -0.305 e. The number of hydrogen-bond donors (Lipinski definition) is 1. The first kappa shape index (κ1) is 11.8. The molecule has 3 rings (SSSR count). The van der Waals surface area contributed by atoms with Crippen LogP contribution >= 0.6 is 0 Å². The molecule has 1 aliphatic rings. The van der Waals surface area contributed by atoms with E-state index in [0.717, 1.165) is 12.0 Å². The van der Waals surface area contributed by atoms with E-state index >= 15 is 0 Å². The predicted octanol–water partition coefficient (Wildman–Crippen LogP) is 1.71. The van der Waals surface area contributed by atoms with Crippen molar-refractivity contribution in [3.05, 3.63) is 41.2 Å². The van der Waals surface area contributed by atoms with Crippen molar-refractivity contribution in [1.29, 1.82) is 0 Å². The van der Waals surface area contributed by atoms with Crippen LogP contribution in [-0.2, 0) is 12.8 Å². The normalized spacial score (nSPS) is 13.7. The van der Waals surface area contributed by atoms with Crippen LogP contribution in [0, 0.1) is 5.82 Å². The van der Waals surface area contributed by atoms with Crippen molar-refractivity contribution in [2.24, 2.45) is 0 Å². The molecule has 0 saturated carbocycles. The lowest BCUT2D eigenvalue weighted by Crippen LogP contribution is -2.29. The predicted molar refractivity (Wildman–Crippen MR) is 67.5 cm³/mol. The monoisotopic (exact) mass is 260 g/mol. The van der Waals surface area contributed by atoms with Crippen LogP contribution in [0.2, 0.25) is 0 Å². The van der Waals surface area contributed by atoms with E-state index in [1.807, 2.05) is 6.92 Å². The third-order valence-electron chi connectivity index (χ3n) is 3.25. The lowest BCUT2D eigenvalue weighted by molar-refractivity contribution is 0.0980. The molecular weight excluding hydrogens is 247 g/mol. The number of nitrogens with one attached hydrogen (secondary N) is 1. The van der Waals surface area contributed by atoms with Gasteiger partial charge in [0.2, 0.25) is 5.82 Å². The van der Waals surface area contributed by atoms with Crippen LogP contribution in [0.4, 0.5) is 10.1 Å². The third-order valence-corrected chi connectivity index (χ3v) is 3.25. The van der Waals surface area contributed by atoms with Crippen LogP contribution in [0.25, 0.3) is 0 Å². The number of benzene rings is 1. The standard InChI is InChI=1S/C13H13FN4O/c1-2-11-15-12(17-16-11)13(19)18-6-5-8-3-4-9(14)7-10(8)18/h3-4,7H,2,5-6H2,1H3,(H,15,16,17). The molecule has 0 atom stereocenters. The van der Waals surface area contributed by atoms with Crippen LogP contribution in [0.1, 0.15) is 28.9 Å². The topological polar surface area (TPSA) is 61.9 Å². The molecule has 2 heterocycles. The summed E-state index contributed by atoms with van der Waals surface area (Å²) in [6.45, 7) is 2.46. The summed E-state index contributed by atoms with van der Waals surface area (Å²) in [5.41, 5.74) is 1.59. The molecule has 0 unspecified atom stereocenters. The molecule has 1 aromatic heterocycles. The van der Waals surface area contributed by atoms with Gasteiger partial charge in [0.25, 0.3) is 5.91 Å². The fourth-order valence-corrected chi connectivity index (χ4v) is 2.23. The molecule has 0 aliphatic carbocycles. The number of aryl methyl sites for hydroxylation is 1. The Kier molecular flexibility index (Phi) is 2.77. The molecular formula is C13H13FN4O. The van der Waals surface area contributed by atoms with Crippen molar-refractivity contribution >= 4 is 11.6 Å². The van der Waals surface area contributed by atoms with Crippen molar-refractivity contribution < 1.29 is 9.18 Å². The summed E-state index contributed by atoms with van der Waals surface area (Å²) in [5, 5.41) is 6.62. The van der Waals surface area contributed by atoms with E-state index in [1.165, 1.54) is 17.0 Å². The molecule has 2 aromatic rings. The average Bonchev–Trinajstić information content (AvgIpc) is 3.04. The van der Waals surface area contributed by atoms with Crippen LogP contribution < -0.4 is 4.90 Å². The highest BCUT2D eigenvalue weighted by Crippen LogP contribution is 2.29. The highest BCUT2D eigenvalue weighted by molar-refractivity contribution is 6.04. The number of amides is 1. The maximum atomic E-state index is 13.3. The zero-order valence-electron chi connectivity index (χ0n) is 10.5. The van der Waals surface area contributed by atoms with Gasteiger partial charge in [-0.15, -0.1) is 5.10 Å². The first-order chi connectivity index (χ1) is 9.19. The molecule has 1 N–H and O–H groups in total. The number of aromatic nitrogens is 3. The Balaban J connectivity index is 1.92. The first-order valence-electron chi connectivity index (χ1n) is 6.20. The smallest absolute Gasteiger partial charge is 0.297 e. The number of fused-ring (bicyclic) bond motifs is 1. The zero-order chi connectivity index (χ0) is 13.4. The minimum absolute atomic E-state index is 0.133. The Bertz CT molecular complexity index is 637. The molecule has 0 bridgehead atoms. The number of carbonyl (C=O) groups excluding carboxylic acids is 1. The van der Waals surface area contributed by atoms with Crippen molar-refractivity contribution in [2.75, 3.05) is 11.4 Å². The van der Waals surface area contributed by atoms with Crippen LogP contribution in [0.5, 0.6) is 0 Å². The number of anilines is 1. The first-order valence-corrected chi connectivity index (χ1v) is 6.20. The lowest BCUT2D eigenvalue weighted by atomic mass is 10.2. The van der Waals surface area contributed by atoms with Gasteiger partial charge in [0.1, 0.15) is 11.6 Å². The van der Waals surface area contributed by atoms with Gasteiger partial charge in [-0.1, -0.05) is 13.0 Å². The van der Waals surface area contributed by atoms with E-state index < -0.39 is 0 Å². The summed E-state index contributed by atoms with van der Waals surface area (Å²) in [6, 6.07) is 4.51. The summed E-state index contributed by atoms with van der Waals surface area (Å²) in [7, 11) is 0. The van der Waals surface area contributed by atoms with E-state index in [-0.39, 0.29) is 17.5 Å². The van der Waals surface area contributed by atoms with E-state index in [9.17, 15) is 9.18 Å². The van der Waals surface area contributed by atoms with Gasteiger partial charge in [0.15, 0.2) is 0 Å².